The molecule has 1 aliphatic carbocycles. The zero-order valence-corrected chi connectivity index (χ0v) is 20.4. The average Bonchev–Trinajstić information content (AvgIpc) is 3.09. The van der Waals surface area contributed by atoms with E-state index in [1.807, 2.05) is 42.5 Å². The molecule has 36 heavy (non-hydrogen) atoms. The molecule has 0 saturated carbocycles. The van der Waals surface area contributed by atoms with Crippen LogP contribution in [0.3, 0.4) is 0 Å². The highest BCUT2D eigenvalue weighted by Gasteiger charge is 2.36. The van der Waals surface area contributed by atoms with Gasteiger partial charge in [-0.25, -0.2) is 0 Å². The molecule has 1 aliphatic heterocycles. The molecule has 4 aromatic rings. The van der Waals surface area contributed by atoms with Gasteiger partial charge < -0.3 is 20.1 Å². The van der Waals surface area contributed by atoms with Crippen LogP contribution in [0.25, 0.3) is 10.8 Å². The second kappa shape index (κ2) is 9.08. The van der Waals surface area contributed by atoms with E-state index in [9.17, 15) is 4.79 Å². The number of hydrogen-bond donors (Lipinski definition) is 2. The van der Waals surface area contributed by atoms with Crippen LogP contribution in [0.2, 0.25) is 0 Å². The molecule has 1 heterocycles. The van der Waals surface area contributed by atoms with Gasteiger partial charge in [0, 0.05) is 17.7 Å². The first kappa shape index (κ1) is 22.2. The van der Waals surface area contributed by atoms with Crippen molar-refractivity contribution in [2.45, 2.75) is 24.8 Å². The number of methoxy groups -OCH3 is 2. The van der Waals surface area contributed by atoms with Crippen LogP contribution in [0, 0.1) is 0 Å². The molecule has 6 rings (SSSR count). The number of rotatable bonds is 4. The van der Waals surface area contributed by atoms with Gasteiger partial charge in [0.2, 0.25) is 0 Å². The molecule has 5 nitrogen and oxygen atoms in total. The minimum absolute atomic E-state index is 0.0473. The maximum atomic E-state index is 13.8. The Morgan fingerprint density at radius 1 is 0.722 bits per heavy atom. The minimum atomic E-state index is -0.236. The van der Waals surface area contributed by atoms with Gasteiger partial charge in [-0.05, 0) is 64.6 Å². The Morgan fingerprint density at radius 3 is 2.25 bits per heavy atom. The van der Waals surface area contributed by atoms with Gasteiger partial charge in [0.15, 0.2) is 17.3 Å². The van der Waals surface area contributed by atoms with Crippen molar-refractivity contribution in [2.24, 2.45) is 0 Å². The van der Waals surface area contributed by atoms with Gasteiger partial charge in [-0.2, -0.15) is 0 Å². The lowest BCUT2D eigenvalue weighted by Crippen LogP contribution is -2.26. The van der Waals surface area contributed by atoms with Gasteiger partial charge >= 0.3 is 0 Å². The smallest absolute Gasteiger partial charge is 0.163 e. The summed E-state index contributed by atoms with van der Waals surface area (Å²) >= 11 is 0. The van der Waals surface area contributed by atoms with Crippen LogP contribution in [-0.4, -0.2) is 20.0 Å². The molecule has 2 unspecified atom stereocenters. The van der Waals surface area contributed by atoms with Crippen LogP contribution < -0.4 is 20.1 Å². The van der Waals surface area contributed by atoms with Crippen molar-refractivity contribution in [3.63, 3.8) is 0 Å². The number of ketones is 1. The summed E-state index contributed by atoms with van der Waals surface area (Å²) in [6.07, 6.45) is 1.18. The van der Waals surface area contributed by atoms with Crippen molar-refractivity contribution in [3.05, 3.63) is 107 Å². The van der Waals surface area contributed by atoms with E-state index in [-0.39, 0.29) is 17.7 Å². The number of carbonyl (C=O) groups excluding carboxylic acids is 1. The number of Topliss-reactive ketones (excluding diaryl/α,β-unsaturated/α-hetero) is 1. The first-order valence-corrected chi connectivity index (χ1v) is 12.2. The summed E-state index contributed by atoms with van der Waals surface area (Å²) < 4.78 is 10.9. The molecule has 180 valence electrons. The number of carbonyl (C=O) groups is 1. The maximum Gasteiger partial charge on any atom is 0.163 e. The fourth-order valence-corrected chi connectivity index (χ4v) is 5.47. The van der Waals surface area contributed by atoms with Crippen LogP contribution in [-0.2, 0) is 4.79 Å². The molecule has 4 aromatic carbocycles. The highest BCUT2D eigenvalue weighted by molar-refractivity contribution is 6.01. The van der Waals surface area contributed by atoms with Gasteiger partial charge in [0.1, 0.15) is 0 Å². The number of nitrogens with one attached hydrogen (secondary N) is 2. The second-order valence-corrected chi connectivity index (χ2v) is 9.39. The van der Waals surface area contributed by atoms with E-state index in [1.165, 1.54) is 5.39 Å². The van der Waals surface area contributed by atoms with E-state index < -0.39 is 0 Å². The topological polar surface area (TPSA) is 59.6 Å². The molecule has 0 amide bonds. The Hall–Kier alpha value is -4.25. The fourth-order valence-electron chi connectivity index (χ4n) is 5.47. The Labute approximate surface area is 210 Å². The summed E-state index contributed by atoms with van der Waals surface area (Å²) in [5.74, 6) is 1.57. The number of fused-ring (bicyclic) bond motifs is 2. The van der Waals surface area contributed by atoms with Crippen molar-refractivity contribution in [1.82, 2.24) is 0 Å². The molecule has 0 bridgehead atoms. The Balaban J connectivity index is 1.44. The number of ether oxygens (including phenoxy) is 2. The van der Waals surface area contributed by atoms with Gasteiger partial charge in [-0.15, -0.1) is 0 Å². The van der Waals surface area contributed by atoms with Crippen molar-refractivity contribution in [3.8, 4) is 11.5 Å². The van der Waals surface area contributed by atoms with Crippen LogP contribution in [0.5, 0.6) is 11.5 Å². The van der Waals surface area contributed by atoms with Crippen LogP contribution in [0.15, 0.2) is 96.2 Å². The second-order valence-electron chi connectivity index (χ2n) is 9.39. The molecule has 2 aliphatic rings. The third kappa shape index (κ3) is 3.87. The summed E-state index contributed by atoms with van der Waals surface area (Å²) in [6, 6.07) is 28.6. The first-order valence-electron chi connectivity index (χ1n) is 12.2. The van der Waals surface area contributed by atoms with E-state index >= 15 is 0 Å². The van der Waals surface area contributed by atoms with Crippen molar-refractivity contribution in [2.75, 3.05) is 24.9 Å². The highest BCUT2D eigenvalue weighted by Crippen LogP contribution is 2.45. The number of hydrogen-bond acceptors (Lipinski definition) is 5. The Kier molecular flexibility index (Phi) is 5.61. The maximum absolute atomic E-state index is 13.8. The molecule has 2 N–H and O–H groups in total. The molecule has 0 fully saturated rings. The lowest BCUT2D eigenvalue weighted by Gasteiger charge is -2.30. The lowest BCUT2D eigenvalue weighted by molar-refractivity contribution is -0.116. The summed E-state index contributed by atoms with van der Waals surface area (Å²) in [5.41, 5.74) is 5.91. The van der Waals surface area contributed by atoms with E-state index in [2.05, 4.69) is 53.1 Å². The summed E-state index contributed by atoms with van der Waals surface area (Å²) in [7, 11) is 3.27. The third-order valence-corrected chi connectivity index (χ3v) is 7.29. The molecule has 0 aromatic heterocycles. The van der Waals surface area contributed by atoms with Crippen molar-refractivity contribution >= 4 is 27.9 Å². The van der Waals surface area contributed by atoms with E-state index in [4.69, 9.17) is 9.47 Å². The number of allylic oxidation sites excluding steroid dienone is 1. The molecule has 0 radical (unpaired) electrons. The van der Waals surface area contributed by atoms with Gasteiger partial charge in [-0.3, -0.25) is 4.79 Å². The molecular formula is C31H28N2O3. The molecule has 0 saturated heterocycles. The fraction of sp³-hybridized carbons (Fsp3) is 0.194. The van der Waals surface area contributed by atoms with Crippen LogP contribution in [0.1, 0.15) is 35.9 Å². The van der Waals surface area contributed by atoms with Crippen LogP contribution >= 0.6 is 0 Å². The molecule has 0 spiro atoms. The van der Waals surface area contributed by atoms with Crippen LogP contribution in [0.4, 0.5) is 11.4 Å². The first-order chi connectivity index (χ1) is 17.6. The van der Waals surface area contributed by atoms with Gasteiger partial charge in [0.25, 0.3) is 0 Å². The number of para-hydroxylation sites is 2. The largest absolute Gasteiger partial charge is 0.493 e. The lowest BCUT2D eigenvalue weighted by atomic mass is 9.78. The van der Waals surface area contributed by atoms with E-state index in [1.54, 1.807) is 14.2 Å². The predicted octanol–water partition coefficient (Wildman–Crippen LogP) is 6.84. The average molecular weight is 477 g/mol. The predicted molar refractivity (Wildman–Crippen MR) is 144 cm³/mol. The van der Waals surface area contributed by atoms with Crippen molar-refractivity contribution < 1.29 is 14.3 Å². The summed E-state index contributed by atoms with van der Waals surface area (Å²) in [6.45, 7) is 0. The number of benzene rings is 4. The summed E-state index contributed by atoms with van der Waals surface area (Å²) in [5, 5.41) is 9.65. The molecular weight excluding hydrogens is 448 g/mol. The van der Waals surface area contributed by atoms with E-state index in [0.717, 1.165) is 45.6 Å². The summed E-state index contributed by atoms with van der Waals surface area (Å²) in [4.78, 5) is 13.8. The Morgan fingerprint density at radius 2 is 1.44 bits per heavy atom. The monoisotopic (exact) mass is 476 g/mol. The van der Waals surface area contributed by atoms with Gasteiger partial charge in [-0.1, -0.05) is 54.6 Å². The Bertz CT molecular complexity index is 1510. The normalized spacial score (nSPS) is 19.0. The number of anilines is 2. The third-order valence-electron chi connectivity index (χ3n) is 7.29. The minimum Gasteiger partial charge on any atom is -0.493 e. The quantitative estimate of drug-likeness (QED) is 0.338. The van der Waals surface area contributed by atoms with E-state index in [0.29, 0.717) is 17.9 Å². The highest BCUT2D eigenvalue weighted by atomic mass is 16.5. The molecule has 5 heteroatoms. The zero-order chi connectivity index (χ0) is 24.6. The van der Waals surface area contributed by atoms with Crippen molar-refractivity contribution in [1.29, 1.82) is 0 Å². The zero-order valence-electron chi connectivity index (χ0n) is 20.4. The molecule has 2 atom stereocenters. The standard InChI is InChI=1S/C31H28N2O3/c1-35-28-14-13-21(18-29(28)36-2)23-16-26-30(27(34)17-23)31(33-25-10-6-5-9-24(25)32-26)22-12-11-19-7-3-4-8-20(19)15-22/h3-15,18,23,31-33H,16-17H2,1-2H3. The van der Waals surface area contributed by atoms with Gasteiger partial charge in [0.05, 0.1) is 31.6 Å². The SMILES string of the molecule is COc1ccc(C2CC(=O)C3=C(C2)Nc2ccccc2NC3c2ccc3ccccc3c2)cc1OC.